The average molecular weight is 615 g/mol. The number of fused-ring (bicyclic) bond motifs is 1. The van der Waals surface area contributed by atoms with Crippen LogP contribution >= 0.6 is 11.3 Å². The topological polar surface area (TPSA) is 90.8 Å². The fourth-order valence-electron chi connectivity index (χ4n) is 5.59. The number of nitrogens with zero attached hydrogens (tertiary/aromatic N) is 5. The molecule has 0 spiro atoms. The van der Waals surface area contributed by atoms with E-state index in [4.69, 9.17) is 0 Å². The van der Waals surface area contributed by atoms with Gasteiger partial charge < -0.3 is 19.7 Å². The van der Waals surface area contributed by atoms with Crippen molar-refractivity contribution in [3.05, 3.63) is 91.8 Å². The van der Waals surface area contributed by atoms with Gasteiger partial charge in [-0.05, 0) is 60.0 Å². The van der Waals surface area contributed by atoms with E-state index in [1.165, 1.54) is 26.9 Å². The standard InChI is InChI=1S/C33H35FN6O3S/c1-33(2,3)26-16-21-17-40(31(42)28(21)44-26)25-15-20(9-12-23(25)34)24-18-39(6)32(43)29(36-24)35-22-10-7-19(8-11-22)27-30(41)38(5)14-13-37(27)4/h7-12,15-16,18,27H,13-14,17H2,1-6H3,(H,35,36). The van der Waals surface area contributed by atoms with Gasteiger partial charge in [0.25, 0.3) is 11.5 Å². The summed E-state index contributed by atoms with van der Waals surface area (Å²) in [6.07, 6.45) is 1.59. The molecule has 2 amide bonds. The zero-order valence-electron chi connectivity index (χ0n) is 25.6. The molecule has 228 valence electrons. The first-order chi connectivity index (χ1) is 20.8. The lowest BCUT2D eigenvalue weighted by Gasteiger charge is -2.37. The van der Waals surface area contributed by atoms with Gasteiger partial charge in [-0.25, -0.2) is 9.37 Å². The third-order valence-electron chi connectivity index (χ3n) is 8.25. The van der Waals surface area contributed by atoms with Crippen molar-refractivity contribution >= 4 is 40.3 Å². The molecular formula is C33H35FN6O3S. The van der Waals surface area contributed by atoms with Crippen LogP contribution in [0.25, 0.3) is 11.3 Å². The molecule has 1 saturated heterocycles. The zero-order chi connectivity index (χ0) is 31.5. The Morgan fingerprint density at radius 2 is 1.70 bits per heavy atom. The SMILES string of the molecule is CN1CCN(C)C(c2ccc(Nc3nc(-c4ccc(F)c(N5Cc6cc(C(C)(C)C)sc6C5=O)c4)cn(C)c3=O)cc2)C1=O. The van der Waals surface area contributed by atoms with E-state index in [0.29, 0.717) is 34.9 Å². The lowest BCUT2D eigenvalue weighted by atomic mass is 9.94. The summed E-state index contributed by atoms with van der Waals surface area (Å²) in [4.78, 5) is 50.7. The summed E-state index contributed by atoms with van der Waals surface area (Å²) in [6, 6.07) is 13.6. The lowest BCUT2D eigenvalue weighted by Crippen LogP contribution is -2.48. The Morgan fingerprint density at radius 3 is 2.39 bits per heavy atom. The minimum Gasteiger partial charge on any atom is -0.343 e. The first-order valence-electron chi connectivity index (χ1n) is 14.5. The van der Waals surface area contributed by atoms with Crippen LogP contribution in [0.15, 0.2) is 59.5 Å². The summed E-state index contributed by atoms with van der Waals surface area (Å²) in [7, 11) is 5.37. The number of amides is 2. The van der Waals surface area contributed by atoms with E-state index in [2.05, 4.69) is 31.1 Å². The van der Waals surface area contributed by atoms with Gasteiger partial charge in [0.1, 0.15) is 11.9 Å². The number of piperazine rings is 1. The molecule has 2 aliphatic rings. The van der Waals surface area contributed by atoms with E-state index in [-0.39, 0.29) is 40.3 Å². The van der Waals surface area contributed by atoms with Gasteiger partial charge in [-0.2, -0.15) is 0 Å². The van der Waals surface area contributed by atoms with Crippen molar-refractivity contribution < 1.29 is 14.0 Å². The third-order valence-corrected chi connectivity index (χ3v) is 9.84. The highest BCUT2D eigenvalue weighted by Crippen LogP contribution is 2.40. The van der Waals surface area contributed by atoms with Crippen LogP contribution in [0, 0.1) is 5.82 Å². The smallest absolute Gasteiger partial charge is 0.293 e. The minimum absolute atomic E-state index is 0.0438. The van der Waals surface area contributed by atoms with Crippen LogP contribution in [0.4, 0.5) is 21.6 Å². The normalized spacial score (nSPS) is 17.4. The van der Waals surface area contributed by atoms with Crippen LogP contribution in [-0.4, -0.2) is 58.4 Å². The number of carbonyl (C=O) groups is 2. The number of anilines is 3. The molecule has 0 saturated carbocycles. The Bertz CT molecular complexity index is 1840. The molecule has 0 radical (unpaired) electrons. The molecule has 6 rings (SSSR count). The van der Waals surface area contributed by atoms with Crippen molar-refractivity contribution in [2.45, 2.75) is 38.8 Å². The second-order valence-electron chi connectivity index (χ2n) is 12.6. The fourth-order valence-corrected chi connectivity index (χ4v) is 6.77. The van der Waals surface area contributed by atoms with Gasteiger partial charge in [-0.3, -0.25) is 19.3 Å². The van der Waals surface area contributed by atoms with Crippen molar-refractivity contribution in [1.82, 2.24) is 19.4 Å². The van der Waals surface area contributed by atoms with Crippen LogP contribution in [-0.2, 0) is 23.8 Å². The molecule has 4 aromatic rings. The van der Waals surface area contributed by atoms with Crippen LogP contribution < -0.4 is 15.8 Å². The van der Waals surface area contributed by atoms with Gasteiger partial charge >= 0.3 is 0 Å². The summed E-state index contributed by atoms with van der Waals surface area (Å²) in [6.45, 7) is 8.08. The number of aryl methyl sites for hydroxylation is 1. The minimum atomic E-state index is -0.509. The third kappa shape index (κ3) is 5.30. The molecule has 4 heterocycles. The molecule has 44 heavy (non-hydrogen) atoms. The Kier molecular flexibility index (Phi) is 7.41. The molecule has 2 aromatic carbocycles. The van der Waals surface area contributed by atoms with Gasteiger partial charge in [0.05, 0.1) is 22.8 Å². The van der Waals surface area contributed by atoms with Crippen molar-refractivity contribution in [3.8, 4) is 11.3 Å². The summed E-state index contributed by atoms with van der Waals surface area (Å²) < 4.78 is 16.6. The molecule has 1 fully saturated rings. The number of hydrogen-bond acceptors (Lipinski definition) is 7. The largest absolute Gasteiger partial charge is 0.343 e. The first kappa shape index (κ1) is 29.7. The Morgan fingerprint density at radius 1 is 0.977 bits per heavy atom. The van der Waals surface area contributed by atoms with Crippen molar-refractivity contribution in [2.75, 3.05) is 37.4 Å². The first-order valence-corrected chi connectivity index (χ1v) is 15.3. The fraction of sp³-hybridized carbons (Fsp3) is 0.333. The van der Waals surface area contributed by atoms with Gasteiger partial charge in [0, 0.05) is 49.5 Å². The maximum Gasteiger partial charge on any atom is 0.293 e. The monoisotopic (exact) mass is 614 g/mol. The zero-order valence-corrected chi connectivity index (χ0v) is 26.5. The van der Waals surface area contributed by atoms with Gasteiger partial charge in [0.15, 0.2) is 5.82 Å². The second kappa shape index (κ2) is 11.0. The van der Waals surface area contributed by atoms with Crippen molar-refractivity contribution in [2.24, 2.45) is 7.05 Å². The predicted octanol–water partition coefficient (Wildman–Crippen LogP) is 5.29. The lowest BCUT2D eigenvalue weighted by molar-refractivity contribution is -0.139. The Balaban J connectivity index is 1.26. The average Bonchev–Trinajstić information content (AvgIpc) is 3.54. The quantitative estimate of drug-likeness (QED) is 0.329. The Labute approximate surface area is 259 Å². The van der Waals surface area contributed by atoms with E-state index >= 15 is 4.39 Å². The number of carbonyl (C=O) groups excluding carboxylic acids is 2. The van der Waals surface area contributed by atoms with Gasteiger partial charge in [-0.15, -0.1) is 11.3 Å². The van der Waals surface area contributed by atoms with E-state index in [9.17, 15) is 14.4 Å². The van der Waals surface area contributed by atoms with E-state index in [1.807, 2.05) is 49.3 Å². The van der Waals surface area contributed by atoms with Crippen molar-refractivity contribution in [1.29, 1.82) is 0 Å². The van der Waals surface area contributed by atoms with Crippen LogP contribution in [0.5, 0.6) is 0 Å². The summed E-state index contributed by atoms with van der Waals surface area (Å²) in [5, 5.41) is 3.11. The molecular weight excluding hydrogens is 579 g/mol. The molecule has 1 atom stereocenters. The Hall–Kier alpha value is -4.35. The highest BCUT2D eigenvalue weighted by molar-refractivity contribution is 7.14. The number of rotatable bonds is 5. The summed E-state index contributed by atoms with van der Waals surface area (Å²) in [5.74, 6) is -0.584. The number of likely N-dealkylation sites (N-methyl/N-ethyl adjacent to an activating group) is 2. The maximum atomic E-state index is 15.2. The maximum absolute atomic E-state index is 15.2. The van der Waals surface area contributed by atoms with E-state index in [0.717, 1.165) is 22.5 Å². The van der Waals surface area contributed by atoms with Crippen LogP contribution in [0.1, 0.15) is 52.5 Å². The summed E-state index contributed by atoms with van der Waals surface area (Å²) in [5.41, 5.74) is 3.18. The molecule has 0 bridgehead atoms. The van der Waals surface area contributed by atoms with Gasteiger partial charge in [-0.1, -0.05) is 32.9 Å². The highest BCUT2D eigenvalue weighted by atomic mass is 32.1. The van der Waals surface area contributed by atoms with Crippen LogP contribution in [0.2, 0.25) is 0 Å². The van der Waals surface area contributed by atoms with Gasteiger partial charge in [0.2, 0.25) is 5.91 Å². The highest BCUT2D eigenvalue weighted by Gasteiger charge is 2.35. The molecule has 1 unspecified atom stereocenters. The molecule has 2 aliphatic heterocycles. The van der Waals surface area contributed by atoms with Crippen molar-refractivity contribution in [3.63, 3.8) is 0 Å². The molecule has 2 aromatic heterocycles. The molecule has 9 nitrogen and oxygen atoms in total. The van der Waals surface area contributed by atoms with E-state index in [1.54, 1.807) is 30.3 Å². The number of hydrogen-bond donors (Lipinski definition) is 1. The summed E-state index contributed by atoms with van der Waals surface area (Å²) >= 11 is 1.46. The second-order valence-corrected chi connectivity index (χ2v) is 13.6. The number of halogens is 1. The van der Waals surface area contributed by atoms with E-state index < -0.39 is 5.82 Å². The molecule has 0 aliphatic carbocycles. The number of nitrogens with one attached hydrogen (secondary N) is 1. The molecule has 11 heteroatoms. The predicted molar refractivity (Wildman–Crippen MR) is 171 cm³/mol. The van der Waals surface area contributed by atoms with Crippen LogP contribution in [0.3, 0.4) is 0 Å². The number of aromatic nitrogens is 2. The number of benzene rings is 2. The number of thiophene rings is 1. The molecule has 1 N–H and O–H groups in total.